The molecule has 20 heavy (non-hydrogen) atoms. The summed E-state index contributed by atoms with van der Waals surface area (Å²) in [6.07, 6.45) is 2.17. The van der Waals surface area contributed by atoms with Crippen LogP contribution in [0.5, 0.6) is 0 Å². The minimum atomic E-state index is 0. The smallest absolute Gasteiger partial charge is 0.191 e. The van der Waals surface area contributed by atoms with E-state index in [-0.39, 0.29) is 24.0 Å². The summed E-state index contributed by atoms with van der Waals surface area (Å²) in [7, 11) is 1.72. The summed E-state index contributed by atoms with van der Waals surface area (Å²) in [6.45, 7) is 13.2. The highest BCUT2D eigenvalue weighted by molar-refractivity contribution is 14.0. The van der Waals surface area contributed by atoms with Gasteiger partial charge in [-0.2, -0.15) is 0 Å². The van der Waals surface area contributed by atoms with Gasteiger partial charge in [-0.1, -0.05) is 13.8 Å². The highest BCUT2D eigenvalue weighted by Gasteiger charge is 2.01. The minimum absolute atomic E-state index is 0. The van der Waals surface area contributed by atoms with E-state index in [0.29, 0.717) is 0 Å². The van der Waals surface area contributed by atoms with Crippen LogP contribution in [0, 0.1) is 0 Å². The first kappa shape index (κ1) is 22.2. The second-order valence-electron chi connectivity index (χ2n) is 4.47. The Morgan fingerprint density at radius 3 is 2.45 bits per heavy atom. The lowest BCUT2D eigenvalue weighted by atomic mass is 10.4. The molecule has 0 aromatic rings. The Kier molecular flexibility index (Phi) is 18.8. The van der Waals surface area contributed by atoms with Crippen molar-refractivity contribution < 1.29 is 4.74 Å². The van der Waals surface area contributed by atoms with Crippen molar-refractivity contribution in [3.05, 3.63) is 0 Å². The van der Waals surface area contributed by atoms with E-state index in [1.807, 2.05) is 0 Å². The zero-order chi connectivity index (χ0) is 14.3. The predicted molar refractivity (Wildman–Crippen MR) is 98.3 cm³/mol. The number of rotatable bonds is 11. The molecule has 122 valence electrons. The molecule has 0 saturated heterocycles. The summed E-state index contributed by atoms with van der Waals surface area (Å²) in [6, 6.07) is 0. The summed E-state index contributed by atoms with van der Waals surface area (Å²) in [5.41, 5.74) is 0. The molecule has 0 heterocycles. The van der Waals surface area contributed by atoms with Gasteiger partial charge in [0.1, 0.15) is 0 Å². The van der Waals surface area contributed by atoms with E-state index in [1.165, 1.54) is 13.0 Å². The average Bonchev–Trinajstić information content (AvgIpc) is 2.42. The molecule has 5 nitrogen and oxygen atoms in total. The Balaban J connectivity index is 0. The molecule has 0 saturated carbocycles. The molecule has 0 radical (unpaired) electrons. The van der Waals surface area contributed by atoms with Crippen LogP contribution in [0.4, 0.5) is 0 Å². The lowest BCUT2D eigenvalue weighted by Crippen LogP contribution is -2.41. The quantitative estimate of drug-likeness (QED) is 0.241. The molecule has 0 atom stereocenters. The second kappa shape index (κ2) is 17.0. The topological polar surface area (TPSA) is 48.9 Å². The molecule has 0 spiro atoms. The van der Waals surface area contributed by atoms with Crippen LogP contribution >= 0.6 is 24.0 Å². The number of nitrogens with one attached hydrogen (secondary N) is 2. The van der Waals surface area contributed by atoms with Crippen molar-refractivity contribution in [2.24, 2.45) is 4.99 Å². The molecule has 0 aliphatic carbocycles. The van der Waals surface area contributed by atoms with Crippen LogP contribution in [0.1, 0.15) is 33.6 Å². The standard InChI is InChI=1S/C14H32N4O.HI/c1-5-11-18(7-3)12-10-17-14(15-6-2)16-9-8-13-19-4;/h5-13H2,1-4H3,(H2,15,16,17);1H. The fourth-order valence-corrected chi connectivity index (χ4v) is 1.82. The van der Waals surface area contributed by atoms with Gasteiger partial charge in [0.15, 0.2) is 5.96 Å². The SMILES string of the molecule is CCCN(CC)CCNC(=NCCCOC)NCC.I. The summed E-state index contributed by atoms with van der Waals surface area (Å²) in [5.74, 6) is 0.908. The van der Waals surface area contributed by atoms with E-state index < -0.39 is 0 Å². The first-order chi connectivity index (χ1) is 9.28. The number of halogens is 1. The molecule has 0 unspecified atom stereocenters. The maximum absolute atomic E-state index is 5.02. The fraction of sp³-hybridized carbons (Fsp3) is 0.929. The van der Waals surface area contributed by atoms with E-state index in [0.717, 1.165) is 51.7 Å². The summed E-state index contributed by atoms with van der Waals surface area (Å²) < 4.78 is 5.02. The van der Waals surface area contributed by atoms with Gasteiger partial charge in [-0.15, -0.1) is 24.0 Å². The van der Waals surface area contributed by atoms with Gasteiger partial charge in [-0.3, -0.25) is 4.99 Å². The van der Waals surface area contributed by atoms with Gasteiger partial charge in [0.25, 0.3) is 0 Å². The lowest BCUT2D eigenvalue weighted by molar-refractivity contribution is 0.197. The van der Waals surface area contributed by atoms with Gasteiger partial charge in [0.05, 0.1) is 0 Å². The number of nitrogens with zero attached hydrogens (tertiary/aromatic N) is 2. The molecule has 0 bridgehead atoms. The monoisotopic (exact) mass is 400 g/mol. The molecule has 0 aliphatic heterocycles. The number of likely N-dealkylation sites (N-methyl/N-ethyl adjacent to an activating group) is 1. The zero-order valence-corrected chi connectivity index (χ0v) is 15.9. The van der Waals surface area contributed by atoms with E-state index in [4.69, 9.17) is 4.74 Å². The summed E-state index contributed by atoms with van der Waals surface area (Å²) in [5, 5.41) is 6.64. The third-order valence-electron chi connectivity index (χ3n) is 2.83. The van der Waals surface area contributed by atoms with Gasteiger partial charge in [-0.05, 0) is 32.9 Å². The summed E-state index contributed by atoms with van der Waals surface area (Å²) >= 11 is 0. The number of hydrogen-bond donors (Lipinski definition) is 2. The van der Waals surface area contributed by atoms with Gasteiger partial charge in [0, 0.05) is 39.9 Å². The van der Waals surface area contributed by atoms with E-state index in [1.54, 1.807) is 7.11 Å². The molecule has 0 aromatic heterocycles. The van der Waals surface area contributed by atoms with Crippen LogP contribution in [0.3, 0.4) is 0 Å². The first-order valence-electron chi connectivity index (χ1n) is 7.51. The van der Waals surface area contributed by atoms with E-state index >= 15 is 0 Å². The normalized spacial score (nSPS) is 11.3. The van der Waals surface area contributed by atoms with Crippen LogP contribution < -0.4 is 10.6 Å². The molecular formula is C14H33IN4O. The van der Waals surface area contributed by atoms with E-state index in [2.05, 4.69) is 41.3 Å². The molecule has 0 amide bonds. The van der Waals surface area contributed by atoms with E-state index in [9.17, 15) is 0 Å². The van der Waals surface area contributed by atoms with Gasteiger partial charge in [-0.25, -0.2) is 0 Å². The minimum Gasteiger partial charge on any atom is -0.385 e. The number of hydrogen-bond acceptors (Lipinski definition) is 3. The molecule has 0 aliphatic rings. The van der Waals surface area contributed by atoms with Gasteiger partial charge < -0.3 is 20.3 Å². The van der Waals surface area contributed by atoms with Crippen molar-refractivity contribution in [3.63, 3.8) is 0 Å². The van der Waals surface area contributed by atoms with Crippen molar-refractivity contribution in [1.29, 1.82) is 0 Å². The number of ether oxygens (including phenoxy) is 1. The third kappa shape index (κ3) is 12.9. The Morgan fingerprint density at radius 1 is 1.15 bits per heavy atom. The molecule has 6 heteroatoms. The number of guanidine groups is 1. The molecule has 0 fully saturated rings. The second-order valence-corrected chi connectivity index (χ2v) is 4.47. The van der Waals surface area contributed by atoms with Crippen LogP contribution in [0.2, 0.25) is 0 Å². The average molecular weight is 400 g/mol. The number of aliphatic imine (C=N–C) groups is 1. The first-order valence-corrected chi connectivity index (χ1v) is 7.51. The van der Waals surface area contributed by atoms with Crippen LogP contribution in [0.25, 0.3) is 0 Å². The fourth-order valence-electron chi connectivity index (χ4n) is 1.82. The molecular weight excluding hydrogens is 367 g/mol. The Morgan fingerprint density at radius 2 is 1.90 bits per heavy atom. The third-order valence-corrected chi connectivity index (χ3v) is 2.83. The Bertz CT molecular complexity index is 227. The van der Waals surface area contributed by atoms with Crippen molar-refractivity contribution >= 4 is 29.9 Å². The van der Waals surface area contributed by atoms with Gasteiger partial charge >= 0.3 is 0 Å². The number of methoxy groups -OCH3 is 1. The van der Waals surface area contributed by atoms with Crippen molar-refractivity contribution in [2.45, 2.75) is 33.6 Å². The largest absolute Gasteiger partial charge is 0.385 e. The maximum Gasteiger partial charge on any atom is 0.191 e. The van der Waals surface area contributed by atoms with Crippen LogP contribution in [-0.4, -0.2) is 63.8 Å². The van der Waals surface area contributed by atoms with Crippen LogP contribution in [-0.2, 0) is 4.74 Å². The van der Waals surface area contributed by atoms with Crippen molar-refractivity contribution in [2.75, 3.05) is 53.0 Å². The molecule has 0 aromatic carbocycles. The Labute approximate surface area is 141 Å². The summed E-state index contributed by atoms with van der Waals surface area (Å²) in [4.78, 5) is 6.96. The highest BCUT2D eigenvalue weighted by Crippen LogP contribution is 1.89. The van der Waals surface area contributed by atoms with Gasteiger partial charge in [0.2, 0.25) is 0 Å². The Hall–Kier alpha value is -0.0800. The lowest BCUT2D eigenvalue weighted by Gasteiger charge is -2.20. The molecule has 2 N–H and O–H groups in total. The molecule has 0 rings (SSSR count). The maximum atomic E-state index is 5.02. The zero-order valence-electron chi connectivity index (χ0n) is 13.6. The predicted octanol–water partition coefficient (Wildman–Crippen LogP) is 1.93. The highest BCUT2D eigenvalue weighted by atomic mass is 127. The van der Waals surface area contributed by atoms with Crippen LogP contribution in [0.15, 0.2) is 4.99 Å². The van der Waals surface area contributed by atoms with Crippen molar-refractivity contribution in [3.8, 4) is 0 Å². The van der Waals surface area contributed by atoms with Crippen molar-refractivity contribution in [1.82, 2.24) is 15.5 Å².